The van der Waals surface area contributed by atoms with Crippen molar-refractivity contribution in [1.29, 1.82) is 0 Å². The zero-order valence-corrected chi connectivity index (χ0v) is 8.46. The average Bonchev–Trinajstić information content (AvgIpc) is 2.80. The Balaban J connectivity index is 1.66. The number of epoxide rings is 1. The van der Waals surface area contributed by atoms with Gasteiger partial charge in [-0.25, -0.2) is 0 Å². The second kappa shape index (κ2) is 5.71. The van der Waals surface area contributed by atoms with Crippen LogP contribution in [0.5, 0.6) is 0 Å². The fourth-order valence-corrected chi connectivity index (χ4v) is 1.64. The summed E-state index contributed by atoms with van der Waals surface area (Å²) in [5.74, 6) is 0. The molecule has 11 heavy (non-hydrogen) atoms. The van der Waals surface area contributed by atoms with Gasteiger partial charge < -0.3 is 13.9 Å². The summed E-state index contributed by atoms with van der Waals surface area (Å²) in [4.78, 5) is 0. The van der Waals surface area contributed by atoms with E-state index in [1.807, 2.05) is 0 Å². The standard InChI is InChI=1S/C7H16O3Si/c1-2-3-10-11-6-8-4-7-5-9-7/h7H,2-6,11H2,1H3. The molecule has 0 saturated carbocycles. The largest absolute Gasteiger partial charge is 0.422 e. The Morgan fingerprint density at radius 2 is 2.45 bits per heavy atom. The summed E-state index contributed by atoms with van der Waals surface area (Å²) in [5, 5.41) is 0. The van der Waals surface area contributed by atoms with Gasteiger partial charge in [0.15, 0.2) is 9.76 Å². The summed E-state index contributed by atoms with van der Waals surface area (Å²) in [6.07, 6.45) is 2.34. The highest BCUT2D eigenvalue weighted by Crippen LogP contribution is 2.07. The summed E-state index contributed by atoms with van der Waals surface area (Å²) in [6, 6.07) is 0. The van der Waals surface area contributed by atoms with E-state index in [-0.39, 0.29) is 0 Å². The van der Waals surface area contributed by atoms with Crippen LogP contribution in [-0.4, -0.2) is 41.9 Å². The highest BCUT2D eigenvalue weighted by molar-refractivity contribution is 6.26. The number of hydrogen-bond donors (Lipinski definition) is 0. The molecule has 1 rings (SSSR count). The van der Waals surface area contributed by atoms with Crippen molar-refractivity contribution in [2.45, 2.75) is 19.4 Å². The van der Waals surface area contributed by atoms with E-state index >= 15 is 0 Å². The van der Waals surface area contributed by atoms with Crippen molar-refractivity contribution in [2.24, 2.45) is 0 Å². The first-order valence-corrected chi connectivity index (χ1v) is 5.78. The molecule has 0 aromatic carbocycles. The molecular weight excluding hydrogens is 160 g/mol. The van der Waals surface area contributed by atoms with Crippen molar-refractivity contribution in [3.8, 4) is 0 Å². The van der Waals surface area contributed by atoms with E-state index in [1.165, 1.54) is 0 Å². The third-order valence-electron chi connectivity index (χ3n) is 1.43. The molecule has 1 heterocycles. The molecule has 0 aliphatic carbocycles. The topological polar surface area (TPSA) is 31.0 Å². The Hall–Kier alpha value is 0.0969. The van der Waals surface area contributed by atoms with E-state index in [0.29, 0.717) is 6.10 Å². The number of ether oxygens (including phenoxy) is 2. The van der Waals surface area contributed by atoms with E-state index in [9.17, 15) is 0 Å². The van der Waals surface area contributed by atoms with Gasteiger partial charge in [-0.2, -0.15) is 0 Å². The van der Waals surface area contributed by atoms with Crippen molar-refractivity contribution < 1.29 is 13.9 Å². The van der Waals surface area contributed by atoms with Crippen molar-refractivity contribution in [2.75, 3.05) is 26.1 Å². The molecule has 1 aliphatic rings. The Morgan fingerprint density at radius 3 is 3.09 bits per heavy atom. The summed E-state index contributed by atoms with van der Waals surface area (Å²) in [7, 11) is -0.393. The van der Waals surface area contributed by atoms with Gasteiger partial charge in [0.05, 0.1) is 19.4 Å². The Bertz CT molecular complexity index is 95.7. The van der Waals surface area contributed by atoms with E-state index in [1.54, 1.807) is 0 Å². The number of rotatable bonds is 7. The quantitative estimate of drug-likeness (QED) is 0.307. The molecular formula is C7H16O3Si. The second-order valence-corrected chi connectivity index (χ2v) is 3.87. The molecule has 1 fully saturated rings. The van der Waals surface area contributed by atoms with Gasteiger partial charge in [-0.05, 0) is 6.42 Å². The molecule has 0 radical (unpaired) electrons. The highest BCUT2D eigenvalue weighted by atomic mass is 28.2. The zero-order chi connectivity index (χ0) is 7.94. The predicted octanol–water partition coefficient (Wildman–Crippen LogP) is -0.130. The maximum absolute atomic E-state index is 5.36. The summed E-state index contributed by atoms with van der Waals surface area (Å²) in [5.41, 5.74) is 0. The van der Waals surface area contributed by atoms with E-state index in [0.717, 1.165) is 32.5 Å². The van der Waals surface area contributed by atoms with Gasteiger partial charge in [0.2, 0.25) is 0 Å². The van der Waals surface area contributed by atoms with Crippen molar-refractivity contribution in [3.05, 3.63) is 0 Å². The first-order chi connectivity index (χ1) is 5.43. The van der Waals surface area contributed by atoms with Crippen LogP contribution in [0.2, 0.25) is 0 Å². The summed E-state index contributed by atoms with van der Waals surface area (Å²) < 4.78 is 15.7. The van der Waals surface area contributed by atoms with Crippen LogP contribution in [0.25, 0.3) is 0 Å². The summed E-state index contributed by atoms with van der Waals surface area (Å²) in [6.45, 7) is 4.67. The SMILES string of the molecule is CCCO[SiH2]COCC1CO1. The lowest BCUT2D eigenvalue weighted by Gasteiger charge is -2.01. The van der Waals surface area contributed by atoms with Crippen LogP contribution in [0, 0.1) is 0 Å². The normalized spacial score (nSPS) is 23.2. The van der Waals surface area contributed by atoms with Crippen LogP contribution in [0.1, 0.15) is 13.3 Å². The van der Waals surface area contributed by atoms with Crippen LogP contribution >= 0.6 is 0 Å². The molecule has 1 saturated heterocycles. The average molecular weight is 176 g/mol. The Morgan fingerprint density at radius 1 is 1.64 bits per heavy atom. The van der Waals surface area contributed by atoms with Gasteiger partial charge >= 0.3 is 0 Å². The molecule has 4 heteroatoms. The van der Waals surface area contributed by atoms with Gasteiger partial charge in [0, 0.05) is 6.61 Å². The van der Waals surface area contributed by atoms with Crippen LogP contribution in [-0.2, 0) is 13.9 Å². The van der Waals surface area contributed by atoms with Gasteiger partial charge in [0.25, 0.3) is 0 Å². The Labute approximate surface area is 70.0 Å². The van der Waals surface area contributed by atoms with E-state index in [2.05, 4.69) is 6.92 Å². The van der Waals surface area contributed by atoms with Gasteiger partial charge in [-0.1, -0.05) is 6.92 Å². The van der Waals surface area contributed by atoms with Crippen molar-refractivity contribution in [3.63, 3.8) is 0 Å². The van der Waals surface area contributed by atoms with Crippen LogP contribution in [0.15, 0.2) is 0 Å². The summed E-state index contributed by atoms with van der Waals surface area (Å²) >= 11 is 0. The van der Waals surface area contributed by atoms with Crippen LogP contribution < -0.4 is 0 Å². The highest BCUT2D eigenvalue weighted by Gasteiger charge is 2.21. The molecule has 0 amide bonds. The lowest BCUT2D eigenvalue weighted by molar-refractivity contribution is 0.143. The molecule has 0 bridgehead atoms. The molecule has 0 aromatic heterocycles. The lowest BCUT2D eigenvalue weighted by atomic mass is 10.5. The van der Waals surface area contributed by atoms with Gasteiger partial charge in [0.1, 0.15) is 6.10 Å². The first kappa shape index (κ1) is 9.19. The molecule has 1 aliphatic heterocycles. The maximum Gasteiger partial charge on any atom is 0.186 e. The molecule has 1 atom stereocenters. The smallest absolute Gasteiger partial charge is 0.186 e. The Kier molecular flexibility index (Phi) is 4.77. The molecule has 0 aromatic rings. The third kappa shape index (κ3) is 5.38. The number of hydrogen-bond acceptors (Lipinski definition) is 3. The minimum atomic E-state index is -0.393. The molecule has 3 nitrogen and oxygen atoms in total. The van der Waals surface area contributed by atoms with Gasteiger partial charge in [-0.3, -0.25) is 0 Å². The van der Waals surface area contributed by atoms with E-state index in [4.69, 9.17) is 13.9 Å². The van der Waals surface area contributed by atoms with Crippen molar-refractivity contribution >= 4 is 9.76 Å². The third-order valence-corrected chi connectivity index (χ3v) is 2.46. The molecule has 1 unspecified atom stereocenters. The molecule has 66 valence electrons. The fraction of sp³-hybridized carbons (Fsp3) is 1.00. The van der Waals surface area contributed by atoms with Gasteiger partial charge in [-0.15, -0.1) is 0 Å². The monoisotopic (exact) mass is 176 g/mol. The van der Waals surface area contributed by atoms with Crippen LogP contribution in [0.4, 0.5) is 0 Å². The minimum absolute atomic E-state index is 0.393. The lowest BCUT2D eigenvalue weighted by Crippen LogP contribution is -2.11. The molecule has 0 spiro atoms. The maximum atomic E-state index is 5.36. The second-order valence-electron chi connectivity index (χ2n) is 2.64. The first-order valence-electron chi connectivity index (χ1n) is 4.20. The van der Waals surface area contributed by atoms with E-state index < -0.39 is 9.76 Å². The minimum Gasteiger partial charge on any atom is -0.422 e. The zero-order valence-electron chi connectivity index (χ0n) is 7.04. The van der Waals surface area contributed by atoms with Crippen LogP contribution in [0.3, 0.4) is 0 Å². The fourth-order valence-electron chi connectivity index (χ4n) is 0.743. The predicted molar refractivity (Wildman–Crippen MR) is 45.3 cm³/mol. The molecule has 0 N–H and O–H groups in total. The van der Waals surface area contributed by atoms with Crippen molar-refractivity contribution in [1.82, 2.24) is 0 Å².